The highest BCUT2D eigenvalue weighted by molar-refractivity contribution is 5.13. The Hall–Kier alpha value is -0.630. The summed E-state index contributed by atoms with van der Waals surface area (Å²) in [5.74, 6) is 0.490. The zero-order valence-corrected chi connectivity index (χ0v) is 11.2. The molecule has 3 unspecified atom stereocenters. The van der Waals surface area contributed by atoms with Crippen LogP contribution in [0.25, 0.3) is 0 Å². The first-order valence-electron chi connectivity index (χ1n) is 6.10. The maximum atomic E-state index is 10.6. The molecule has 0 heterocycles. The van der Waals surface area contributed by atoms with Crippen LogP contribution in [0.15, 0.2) is 0 Å². The van der Waals surface area contributed by atoms with Gasteiger partial charge in [0.25, 0.3) is 0 Å². The molecule has 0 saturated heterocycles. The Bertz CT molecular complexity index is 294. The first-order chi connectivity index (χ1) is 7.90. The van der Waals surface area contributed by atoms with Crippen molar-refractivity contribution >= 4 is 0 Å². The molecule has 17 heavy (non-hydrogen) atoms. The first kappa shape index (κ1) is 14.4. The molecule has 0 bridgehead atoms. The van der Waals surface area contributed by atoms with Gasteiger partial charge in [0.2, 0.25) is 0 Å². The fourth-order valence-electron chi connectivity index (χ4n) is 2.79. The van der Waals surface area contributed by atoms with Crippen LogP contribution in [0.2, 0.25) is 0 Å². The Morgan fingerprint density at radius 2 is 2.12 bits per heavy atom. The lowest BCUT2D eigenvalue weighted by Gasteiger charge is -2.39. The van der Waals surface area contributed by atoms with Crippen molar-refractivity contribution in [3.05, 3.63) is 0 Å². The second-order valence-corrected chi connectivity index (χ2v) is 5.42. The van der Waals surface area contributed by atoms with Gasteiger partial charge in [-0.2, -0.15) is 5.26 Å². The number of ether oxygens (including phenoxy) is 2. The summed E-state index contributed by atoms with van der Waals surface area (Å²) in [5, 5.41) is 20.1. The summed E-state index contributed by atoms with van der Waals surface area (Å²) in [4.78, 5) is 0. The minimum atomic E-state index is -1.08. The quantitative estimate of drug-likeness (QED) is 0.748. The summed E-state index contributed by atoms with van der Waals surface area (Å²) in [6.45, 7) is 3.85. The number of aliphatic hydroxyl groups is 1. The molecule has 0 aromatic heterocycles. The van der Waals surface area contributed by atoms with Crippen molar-refractivity contribution in [1.29, 1.82) is 5.26 Å². The molecule has 1 aliphatic rings. The Balaban J connectivity index is 2.84. The maximum absolute atomic E-state index is 10.6. The van der Waals surface area contributed by atoms with Crippen LogP contribution in [-0.2, 0) is 9.47 Å². The highest BCUT2D eigenvalue weighted by Crippen LogP contribution is 2.50. The molecule has 0 radical (unpaired) electrons. The second-order valence-electron chi connectivity index (χ2n) is 5.42. The van der Waals surface area contributed by atoms with Crippen LogP contribution in [0.3, 0.4) is 0 Å². The summed E-state index contributed by atoms with van der Waals surface area (Å²) >= 11 is 0. The molecular formula is C13H23NO3. The van der Waals surface area contributed by atoms with E-state index in [0.717, 1.165) is 19.3 Å². The minimum absolute atomic E-state index is 0.320. The second kappa shape index (κ2) is 5.34. The summed E-state index contributed by atoms with van der Waals surface area (Å²) < 4.78 is 10.2. The largest absolute Gasteiger partial charge is 0.388 e. The third-order valence-corrected chi connectivity index (χ3v) is 4.10. The van der Waals surface area contributed by atoms with Gasteiger partial charge in [0.1, 0.15) is 0 Å². The van der Waals surface area contributed by atoms with E-state index in [4.69, 9.17) is 9.47 Å². The standard InChI is InChI=1S/C13H23NO3/c1-10-5-6-13(7-10,9-14)12(2,15)8-11(16-3)17-4/h10-11,15H,5-8H2,1-4H3. The van der Waals surface area contributed by atoms with Crippen molar-refractivity contribution in [2.45, 2.75) is 51.4 Å². The molecule has 0 amide bonds. The Kier molecular flexibility index (Phi) is 4.54. The summed E-state index contributed by atoms with van der Waals surface area (Å²) in [7, 11) is 3.08. The summed E-state index contributed by atoms with van der Waals surface area (Å²) in [6.07, 6.45) is 2.34. The minimum Gasteiger partial charge on any atom is -0.388 e. The monoisotopic (exact) mass is 241 g/mol. The van der Waals surface area contributed by atoms with Gasteiger partial charge in [0.15, 0.2) is 6.29 Å². The van der Waals surface area contributed by atoms with E-state index in [1.54, 1.807) is 21.1 Å². The normalized spacial score (nSPS) is 32.4. The third kappa shape index (κ3) is 2.79. The molecule has 0 spiro atoms. The van der Waals surface area contributed by atoms with E-state index >= 15 is 0 Å². The number of nitriles is 1. The van der Waals surface area contributed by atoms with Gasteiger partial charge < -0.3 is 14.6 Å². The van der Waals surface area contributed by atoms with Crippen molar-refractivity contribution in [2.24, 2.45) is 11.3 Å². The predicted octanol–water partition coefficient (Wildman–Crippen LogP) is 2.08. The molecule has 1 saturated carbocycles. The number of hydrogen-bond acceptors (Lipinski definition) is 4. The van der Waals surface area contributed by atoms with E-state index in [9.17, 15) is 10.4 Å². The van der Waals surface area contributed by atoms with E-state index in [1.165, 1.54) is 0 Å². The van der Waals surface area contributed by atoms with Gasteiger partial charge >= 0.3 is 0 Å². The number of hydrogen-bond donors (Lipinski definition) is 1. The van der Waals surface area contributed by atoms with Gasteiger partial charge in [-0.1, -0.05) is 6.92 Å². The van der Waals surface area contributed by atoms with Crippen molar-refractivity contribution in [1.82, 2.24) is 0 Å². The van der Waals surface area contributed by atoms with Gasteiger partial charge in [0.05, 0.1) is 17.1 Å². The Labute approximate surface area is 104 Å². The zero-order chi connectivity index (χ0) is 13.1. The van der Waals surface area contributed by atoms with Crippen LogP contribution in [0.1, 0.15) is 39.5 Å². The van der Waals surface area contributed by atoms with Gasteiger partial charge in [-0.3, -0.25) is 0 Å². The lowest BCUT2D eigenvalue weighted by atomic mass is 9.70. The molecular weight excluding hydrogens is 218 g/mol. The summed E-state index contributed by atoms with van der Waals surface area (Å²) in [5.41, 5.74) is -1.75. The molecule has 0 aromatic carbocycles. The third-order valence-electron chi connectivity index (χ3n) is 4.10. The Morgan fingerprint density at radius 1 is 1.53 bits per heavy atom. The molecule has 4 nitrogen and oxygen atoms in total. The van der Waals surface area contributed by atoms with Crippen LogP contribution >= 0.6 is 0 Å². The van der Waals surface area contributed by atoms with E-state index in [-0.39, 0.29) is 0 Å². The molecule has 4 heteroatoms. The smallest absolute Gasteiger partial charge is 0.159 e. The van der Waals surface area contributed by atoms with Crippen molar-refractivity contribution in [3.8, 4) is 6.07 Å². The fraction of sp³-hybridized carbons (Fsp3) is 0.923. The van der Waals surface area contributed by atoms with E-state index in [2.05, 4.69) is 13.0 Å². The van der Waals surface area contributed by atoms with Crippen LogP contribution in [0.4, 0.5) is 0 Å². The van der Waals surface area contributed by atoms with Gasteiger partial charge in [-0.15, -0.1) is 0 Å². The molecule has 0 aliphatic heterocycles. The van der Waals surface area contributed by atoms with E-state index in [1.807, 2.05) is 0 Å². The molecule has 1 aliphatic carbocycles. The van der Waals surface area contributed by atoms with Crippen molar-refractivity contribution in [2.75, 3.05) is 14.2 Å². The zero-order valence-electron chi connectivity index (χ0n) is 11.2. The number of nitrogens with zero attached hydrogens (tertiary/aromatic N) is 1. The molecule has 0 aromatic rings. The first-order valence-corrected chi connectivity index (χ1v) is 6.10. The molecule has 1 fully saturated rings. The molecule has 1 N–H and O–H groups in total. The average molecular weight is 241 g/mol. The SMILES string of the molecule is COC(CC(C)(O)C1(C#N)CCC(C)C1)OC. The fourth-order valence-corrected chi connectivity index (χ4v) is 2.79. The van der Waals surface area contributed by atoms with Crippen molar-refractivity contribution in [3.63, 3.8) is 0 Å². The highest BCUT2D eigenvalue weighted by Gasteiger charge is 2.52. The lowest BCUT2D eigenvalue weighted by Crippen LogP contribution is -2.46. The number of rotatable bonds is 5. The number of methoxy groups -OCH3 is 2. The Morgan fingerprint density at radius 3 is 2.47 bits per heavy atom. The van der Waals surface area contributed by atoms with Gasteiger partial charge in [-0.05, 0) is 32.1 Å². The van der Waals surface area contributed by atoms with Gasteiger partial charge in [-0.25, -0.2) is 0 Å². The van der Waals surface area contributed by atoms with Crippen LogP contribution in [0, 0.1) is 22.7 Å². The van der Waals surface area contributed by atoms with E-state index < -0.39 is 17.3 Å². The van der Waals surface area contributed by atoms with Gasteiger partial charge in [0, 0.05) is 20.6 Å². The molecule has 3 atom stereocenters. The van der Waals surface area contributed by atoms with Crippen molar-refractivity contribution < 1.29 is 14.6 Å². The van der Waals surface area contributed by atoms with Crippen LogP contribution in [-0.4, -0.2) is 31.2 Å². The predicted molar refractivity (Wildman–Crippen MR) is 64.1 cm³/mol. The van der Waals surface area contributed by atoms with E-state index in [0.29, 0.717) is 12.3 Å². The average Bonchev–Trinajstić information content (AvgIpc) is 2.69. The maximum Gasteiger partial charge on any atom is 0.159 e. The van der Waals surface area contributed by atoms with Crippen LogP contribution in [0.5, 0.6) is 0 Å². The van der Waals surface area contributed by atoms with Crippen LogP contribution < -0.4 is 0 Å². The molecule has 1 rings (SSSR count). The topological polar surface area (TPSA) is 62.5 Å². The molecule has 98 valence electrons. The summed E-state index contributed by atoms with van der Waals surface area (Å²) in [6, 6.07) is 2.34. The lowest BCUT2D eigenvalue weighted by molar-refractivity contribution is -0.161. The highest BCUT2D eigenvalue weighted by atomic mass is 16.7.